The Kier molecular flexibility index (Phi) is 23.1. The van der Waals surface area contributed by atoms with Gasteiger partial charge in [0.2, 0.25) is 0 Å². The van der Waals surface area contributed by atoms with Gasteiger partial charge in [0.1, 0.15) is 0 Å². The lowest BCUT2D eigenvalue weighted by atomic mass is 10.2. The van der Waals surface area contributed by atoms with Crippen molar-refractivity contribution >= 4 is 81.5 Å². The maximum atomic E-state index is 13.2. The fourth-order valence-electron chi connectivity index (χ4n) is 7.58. The van der Waals surface area contributed by atoms with E-state index in [1.807, 2.05) is 26.2 Å². The van der Waals surface area contributed by atoms with Gasteiger partial charge < -0.3 is 16.5 Å². The molecule has 1 fully saturated rings. The molecule has 0 aromatic carbocycles. The number of rotatable bonds is 24. The second-order valence-corrected chi connectivity index (χ2v) is 33.0. The smallest absolute Gasteiger partial charge is 0.317 e. The SMILES string of the molecule is C=C(C)C(=O)N(CCC[Si]1(C)O[Si](C)(CCCN(C(=O)C(=C)C)C(=O)C(=C)C)O[Si](C)(CCCN(C(=O)C(=C)C)C(=O)C(=C)C)O[Si](C)(CCCN(C(=O)C(=C)C)C(=O)C(=C)C)O1)C(=O)C(=C)C. The third-order valence-electron chi connectivity index (χ3n) is 10.7. The maximum Gasteiger partial charge on any atom is 0.317 e. The van der Waals surface area contributed by atoms with Crippen molar-refractivity contribution in [3.05, 3.63) is 97.2 Å². The summed E-state index contributed by atoms with van der Waals surface area (Å²) in [7, 11) is -14.1. The van der Waals surface area contributed by atoms with Gasteiger partial charge in [-0.2, -0.15) is 0 Å². The van der Waals surface area contributed by atoms with Gasteiger partial charge in [0, 0.05) is 70.8 Å². The quantitative estimate of drug-likeness (QED) is 0.0672. The van der Waals surface area contributed by atoms with Crippen molar-refractivity contribution in [2.75, 3.05) is 26.2 Å². The average molecular weight is 1010 g/mol. The van der Waals surface area contributed by atoms with E-state index in [0.29, 0.717) is 0 Å². The molecule has 0 bridgehead atoms. The molecular weight excluding hydrogens is 937 g/mol. The topological polar surface area (TPSA) is 186 Å². The summed E-state index contributed by atoms with van der Waals surface area (Å²) in [6, 6.07) is 0.986. The number of hydrogen-bond acceptors (Lipinski definition) is 12. The first-order chi connectivity index (χ1) is 31.1. The van der Waals surface area contributed by atoms with E-state index in [1.54, 1.807) is 0 Å². The number of hydrogen-bond donors (Lipinski definition) is 0. The molecular formula is C48H76N4O12Si4. The molecule has 1 aliphatic rings. The van der Waals surface area contributed by atoms with Crippen LogP contribution < -0.4 is 0 Å². The van der Waals surface area contributed by atoms with E-state index in [2.05, 4.69) is 52.6 Å². The van der Waals surface area contributed by atoms with E-state index >= 15 is 0 Å². The Hall–Kier alpha value is -4.81. The second-order valence-electron chi connectivity index (χ2n) is 18.6. The molecule has 376 valence electrons. The van der Waals surface area contributed by atoms with Crippen molar-refractivity contribution in [3.63, 3.8) is 0 Å². The second kappa shape index (κ2) is 25.7. The zero-order chi connectivity index (χ0) is 52.9. The van der Waals surface area contributed by atoms with E-state index < -0.39 is 81.5 Å². The van der Waals surface area contributed by atoms with Gasteiger partial charge in [0.15, 0.2) is 0 Å². The lowest BCUT2D eigenvalue weighted by Crippen LogP contribution is -2.67. The Bertz CT molecular complexity index is 1740. The summed E-state index contributed by atoms with van der Waals surface area (Å²) in [6.45, 7) is 49.5. The Morgan fingerprint density at radius 1 is 0.294 bits per heavy atom. The first-order valence-corrected chi connectivity index (χ1v) is 32.7. The van der Waals surface area contributed by atoms with Crippen LogP contribution in [0.25, 0.3) is 0 Å². The van der Waals surface area contributed by atoms with Crippen molar-refractivity contribution < 1.29 is 54.8 Å². The molecule has 8 amide bonds. The lowest BCUT2D eigenvalue weighted by molar-refractivity contribution is -0.141. The highest BCUT2D eigenvalue weighted by Crippen LogP contribution is 2.39. The van der Waals surface area contributed by atoms with Crippen LogP contribution in [0.4, 0.5) is 0 Å². The molecule has 1 heterocycles. The summed E-state index contributed by atoms with van der Waals surface area (Å²) in [4.78, 5) is 110. The number of nitrogens with zero attached hydrogens (tertiary/aromatic N) is 4. The zero-order valence-electron chi connectivity index (χ0n) is 42.8. The van der Waals surface area contributed by atoms with E-state index in [0.717, 1.165) is 19.6 Å². The number of imide groups is 4. The van der Waals surface area contributed by atoms with Crippen LogP contribution >= 0.6 is 0 Å². The van der Waals surface area contributed by atoms with Crippen LogP contribution in [0.1, 0.15) is 81.1 Å². The lowest BCUT2D eigenvalue weighted by Gasteiger charge is -2.50. The molecule has 0 N–H and O–H groups in total. The van der Waals surface area contributed by atoms with Crippen LogP contribution in [0.5, 0.6) is 0 Å². The van der Waals surface area contributed by atoms with Crippen molar-refractivity contribution in [2.24, 2.45) is 0 Å². The van der Waals surface area contributed by atoms with Gasteiger partial charge >= 0.3 is 34.2 Å². The van der Waals surface area contributed by atoms with Crippen molar-refractivity contribution in [1.82, 2.24) is 19.6 Å². The molecule has 16 nitrogen and oxygen atoms in total. The zero-order valence-corrected chi connectivity index (χ0v) is 46.8. The predicted molar refractivity (Wildman–Crippen MR) is 274 cm³/mol. The summed E-state index contributed by atoms with van der Waals surface area (Å²) in [5.41, 5.74) is 1.31. The van der Waals surface area contributed by atoms with Gasteiger partial charge in [0.25, 0.3) is 47.3 Å². The fourth-order valence-corrected chi connectivity index (χ4v) is 30.8. The van der Waals surface area contributed by atoms with Crippen LogP contribution in [0, 0.1) is 0 Å². The summed E-state index contributed by atoms with van der Waals surface area (Å²) in [5, 5.41) is 0. The van der Waals surface area contributed by atoms with Gasteiger partial charge in [-0.15, -0.1) is 0 Å². The van der Waals surface area contributed by atoms with Crippen molar-refractivity contribution in [3.8, 4) is 0 Å². The van der Waals surface area contributed by atoms with Gasteiger partial charge in [-0.1, -0.05) is 52.6 Å². The molecule has 0 aliphatic carbocycles. The molecule has 68 heavy (non-hydrogen) atoms. The molecule has 0 unspecified atom stereocenters. The van der Waals surface area contributed by atoms with Crippen molar-refractivity contribution in [2.45, 2.75) is 131 Å². The van der Waals surface area contributed by atoms with E-state index in [9.17, 15) is 38.4 Å². The van der Waals surface area contributed by atoms with Gasteiger partial charge in [-0.25, -0.2) is 0 Å². The van der Waals surface area contributed by atoms with Crippen molar-refractivity contribution in [1.29, 1.82) is 0 Å². The summed E-state index contributed by atoms with van der Waals surface area (Å²) in [6.07, 6.45) is 0.983. The third-order valence-corrected chi connectivity index (χ3v) is 29.5. The molecule has 1 saturated heterocycles. The van der Waals surface area contributed by atoms with E-state index in [4.69, 9.17) is 16.5 Å². The first kappa shape index (κ1) is 61.2. The molecule has 0 radical (unpaired) electrons. The Morgan fingerprint density at radius 2 is 0.412 bits per heavy atom. The van der Waals surface area contributed by atoms with Crippen LogP contribution in [-0.2, 0) is 54.8 Å². The molecule has 1 rings (SSSR count). The fraction of sp³-hybridized carbons (Fsp3) is 0.500. The van der Waals surface area contributed by atoms with Crippen LogP contribution in [0.3, 0.4) is 0 Å². The number of carbonyl (C=O) groups is 8. The van der Waals surface area contributed by atoms with Gasteiger partial charge in [0.05, 0.1) is 0 Å². The predicted octanol–water partition coefficient (Wildman–Crippen LogP) is 7.94. The third kappa shape index (κ3) is 17.9. The molecule has 0 aromatic rings. The highest BCUT2D eigenvalue weighted by atomic mass is 28.5. The Balaban J connectivity index is 4.03. The van der Waals surface area contributed by atoms with E-state index in [-0.39, 0.29) is 121 Å². The highest BCUT2D eigenvalue weighted by Gasteiger charge is 2.56. The largest absolute Gasteiger partial charge is 0.416 e. The monoisotopic (exact) mass is 1010 g/mol. The Morgan fingerprint density at radius 3 is 0.515 bits per heavy atom. The molecule has 20 heteroatoms. The average Bonchev–Trinajstić information content (AvgIpc) is 3.21. The number of amides is 8. The van der Waals surface area contributed by atoms with E-state index in [1.165, 1.54) is 55.4 Å². The molecule has 0 atom stereocenters. The summed E-state index contributed by atoms with van der Waals surface area (Å²) >= 11 is 0. The standard InChI is InChI=1S/C48H76N4O12Si4/c1-33(2)41(53)49(42(54)34(3)4)25-21-29-65(17)61-66(18,30-22-26-50(43(55)35(5)6)44(56)36(7)8)63-68(20,32-24-28-52(47(59)39(13)14)48(60)40(15)16)64-67(19,62-65)31-23-27-51(45(57)37(9)10)46(58)38(11)12/h1,3,5,7,9,11,13,15,21-32H2,2,4,6,8,10,12,14,16-20H3. The van der Waals surface area contributed by atoms with Crippen LogP contribution in [0.2, 0.25) is 50.4 Å². The minimum atomic E-state index is -3.53. The molecule has 1 aliphatic heterocycles. The maximum absolute atomic E-state index is 13.2. The minimum absolute atomic E-state index is 0.0122. The Labute approximate surface area is 409 Å². The van der Waals surface area contributed by atoms with Crippen LogP contribution in [-0.4, -0.2) is 127 Å². The highest BCUT2D eigenvalue weighted by molar-refractivity contribution is 6.94. The molecule has 0 aromatic heterocycles. The normalized spacial score (nSPS) is 21.1. The summed E-state index contributed by atoms with van der Waals surface area (Å²) in [5.74, 6) is -4.44. The van der Waals surface area contributed by atoms with Gasteiger partial charge in [-0.05, 0) is 131 Å². The minimum Gasteiger partial charge on any atom is -0.416 e. The number of carbonyl (C=O) groups excluding carboxylic acids is 8. The molecule has 0 saturated carbocycles. The van der Waals surface area contributed by atoms with Crippen LogP contribution in [0.15, 0.2) is 97.2 Å². The summed E-state index contributed by atoms with van der Waals surface area (Å²) < 4.78 is 29.1. The van der Waals surface area contributed by atoms with Gasteiger partial charge in [-0.3, -0.25) is 58.0 Å². The molecule has 0 spiro atoms. The first-order valence-electron chi connectivity index (χ1n) is 22.6.